The van der Waals surface area contributed by atoms with E-state index in [1.807, 2.05) is 57.2 Å². The van der Waals surface area contributed by atoms with Gasteiger partial charge in [-0.25, -0.2) is 0 Å². The number of fused-ring (bicyclic) bond motifs is 1. The van der Waals surface area contributed by atoms with Crippen molar-refractivity contribution in [1.29, 1.82) is 0 Å². The molecule has 2 rings (SSSR count). The summed E-state index contributed by atoms with van der Waals surface area (Å²) in [4.78, 5) is 0. The fourth-order valence-corrected chi connectivity index (χ4v) is 3.10. The van der Waals surface area contributed by atoms with Crippen LogP contribution in [0, 0.1) is 0 Å². The summed E-state index contributed by atoms with van der Waals surface area (Å²) in [5.74, 6) is 0. The Kier molecular flexibility index (Phi) is 6.07. The first-order valence-electron chi connectivity index (χ1n) is 9.09. The first kappa shape index (κ1) is 21.5. The molecule has 0 saturated carbocycles. The number of allylic oxidation sites excluding steroid dienone is 1. The van der Waals surface area contributed by atoms with Crippen LogP contribution >= 0.6 is 0 Å². The van der Waals surface area contributed by atoms with E-state index in [0.29, 0.717) is 12.8 Å². The number of ether oxygens (including phenoxy) is 1. The molecule has 2 aromatic rings. The average Bonchev–Trinajstić information content (AvgIpc) is 2.61. The van der Waals surface area contributed by atoms with Crippen molar-refractivity contribution in [3.05, 3.63) is 54.1 Å². The van der Waals surface area contributed by atoms with E-state index < -0.39 is 24.0 Å². The largest absolute Gasteiger partial charge is 0.419 e. The number of rotatable bonds is 7. The lowest BCUT2D eigenvalue weighted by atomic mass is 9.86. The lowest BCUT2D eigenvalue weighted by molar-refractivity contribution is -0.278. The maximum atomic E-state index is 13.0. The van der Waals surface area contributed by atoms with Gasteiger partial charge in [-0.15, -0.1) is 0 Å². The van der Waals surface area contributed by atoms with E-state index >= 15 is 0 Å². The van der Waals surface area contributed by atoms with Crippen LogP contribution in [0.15, 0.2) is 43.0 Å². The Labute approximate surface area is 158 Å². The smallest absolute Gasteiger partial charge is 0.379 e. The number of hydrogen-bond acceptors (Lipinski definition) is 2. The van der Waals surface area contributed by atoms with E-state index in [-0.39, 0.29) is 0 Å². The highest BCUT2D eigenvalue weighted by atomic mass is 19.4. The molecule has 1 N–H and O–H groups in total. The highest BCUT2D eigenvalue weighted by molar-refractivity contribution is 5.86. The minimum atomic E-state index is -4.75. The molecule has 0 saturated heterocycles. The first-order chi connectivity index (χ1) is 12.5. The van der Waals surface area contributed by atoms with Crippen LogP contribution in [0.2, 0.25) is 0 Å². The quantitative estimate of drug-likeness (QED) is 0.618. The topological polar surface area (TPSA) is 29.5 Å². The summed E-state index contributed by atoms with van der Waals surface area (Å²) in [6.07, 6.45) is -3.76. The fourth-order valence-electron chi connectivity index (χ4n) is 3.10. The molecule has 2 nitrogen and oxygen atoms in total. The van der Waals surface area contributed by atoms with Crippen molar-refractivity contribution in [2.45, 2.75) is 57.9 Å². The maximum absolute atomic E-state index is 13.0. The predicted molar refractivity (Wildman–Crippen MR) is 104 cm³/mol. The van der Waals surface area contributed by atoms with Crippen molar-refractivity contribution in [1.82, 2.24) is 0 Å². The number of hydrogen-bond donors (Lipinski definition) is 1. The van der Waals surface area contributed by atoms with Gasteiger partial charge in [0.25, 0.3) is 0 Å². The molecule has 148 valence electrons. The molecule has 0 heterocycles. The van der Waals surface area contributed by atoms with Gasteiger partial charge in [0, 0.05) is 0 Å². The summed E-state index contributed by atoms with van der Waals surface area (Å²) < 4.78 is 44.7. The third kappa shape index (κ3) is 4.36. The molecule has 0 aromatic heterocycles. The van der Waals surface area contributed by atoms with Crippen LogP contribution in [0.3, 0.4) is 0 Å². The third-order valence-corrected chi connectivity index (χ3v) is 5.24. The van der Waals surface area contributed by atoms with Gasteiger partial charge in [0.1, 0.15) is 0 Å². The van der Waals surface area contributed by atoms with Crippen molar-refractivity contribution in [3.8, 4) is 0 Å². The van der Waals surface area contributed by atoms with Crippen LogP contribution in [0.5, 0.6) is 0 Å². The Morgan fingerprint density at radius 3 is 2.11 bits per heavy atom. The van der Waals surface area contributed by atoms with Crippen LogP contribution < -0.4 is 0 Å². The molecular formula is C22H27F3O2. The highest BCUT2D eigenvalue weighted by Crippen LogP contribution is 2.38. The molecule has 0 amide bonds. The van der Waals surface area contributed by atoms with Gasteiger partial charge in [-0.3, -0.25) is 0 Å². The van der Waals surface area contributed by atoms with Gasteiger partial charge in [0.2, 0.25) is 0 Å². The molecule has 0 spiro atoms. The van der Waals surface area contributed by atoms with Crippen LogP contribution in [-0.4, -0.2) is 23.5 Å². The second-order valence-electron chi connectivity index (χ2n) is 7.32. The highest BCUT2D eigenvalue weighted by Gasteiger charge is 2.51. The molecule has 0 fully saturated rings. The van der Waals surface area contributed by atoms with E-state index in [0.717, 1.165) is 34.4 Å². The SMILES string of the molecule is C=C(C)c1ccc2cc(C(CC)(CC)OCC(C)(O)C(F)(F)F)ccc2c1. The lowest BCUT2D eigenvalue weighted by Crippen LogP contribution is -2.48. The van der Waals surface area contributed by atoms with Crippen molar-refractivity contribution in [2.24, 2.45) is 0 Å². The number of benzene rings is 2. The molecule has 2 aromatic carbocycles. The summed E-state index contributed by atoms with van der Waals surface area (Å²) in [5.41, 5.74) is -0.965. The average molecular weight is 380 g/mol. The van der Waals surface area contributed by atoms with Gasteiger partial charge in [-0.1, -0.05) is 50.3 Å². The standard InChI is InChI=1S/C22H27F3O2/c1-6-21(7-2,27-14-20(5,26)22(23,24)25)19-11-10-17-12-16(15(3)4)8-9-18(17)13-19/h8-13,26H,3,6-7,14H2,1-2,4-5H3. The second-order valence-corrected chi connectivity index (χ2v) is 7.32. The van der Waals surface area contributed by atoms with Gasteiger partial charge in [0.05, 0.1) is 12.2 Å². The molecule has 0 aliphatic heterocycles. The molecule has 5 heteroatoms. The molecular weight excluding hydrogens is 353 g/mol. The Morgan fingerprint density at radius 1 is 1.04 bits per heavy atom. The normalized spacial score (nSPS) is 15.0. The van der Waals surface area contributed by atoms with Gasteiger partial charge in [-0.05, 0) is 60.7 Å². The van der Waals surface area contributed by atoms with Crippen LogP contribution in [0.25, 0.3) is 16.3 Å². The Hall–Kier alpha value is -1.85. The first-order valence-corrected chi connectivity index (χ1v) is 9.09. The van der Waals surface area contributed by atoms with E-state index in [1.165, 1.54) is 0 Å². The van der Waals surface area contributed by atoms with E-state index in [9.17, 15) is 18.3 Å². The van der Waals surface area contributed by atoms with Crippen molar-refractivity contribution < 1.29 is 23.0 Å². The molecule has 0 radical (unpaired) electrons. The third-order valence-electron chi connectivity index (χ3n) is 5.24. The minimum absolute atomic E-state index is 0.493. The summed E-state index contributed by atoms with van der Waals surface area (Å²) >= 11 is 0. The zero-order valence-corrected chi connectivity index (χ0v) is 16.3. The van der Waals surface area contributed by atoms with Crippen LogP contribution in [0.4, 0.5) is 13.2 Å². The van der Waals surface area contributed by atoms with Gasteiger partial charge >= 0.3 is 6.18 Å². The summed E-state index contributed by atoms with van der Waals surface area (Å²) in [6.45, 7) is 9.56. The summed E-state index contributed by atoms with van der Waals surface area (Å²) in [6, 6.07) is 11.8. The van der Waals surface area contributed by atoms with E-state index in [2.05, 4.69) is 6.58 Å². The molecule has 27 heavy (non-hydrogen) atoms. The van der Waals surface area contributed by atoms with Gasteiger partial charge < -0.3 is 9.84 Å². The number of aliphatic hydroxyl groups is 1. The molecule has 1 unspecified atom stereocenters. The van der Waals surface area contributed by atoms with Gasteiger partial charge in [0.15, 0.2) is 5.60 Å². The Morgan fingerprint density at radius 2 is 1.59 bits per heavy atom. The van der Waals surface area contributed by atoms with Crippen LogP contribution in [0.1, 0.15) is 51.7 Å². The number of halogens is 3. The van der Waals surface area contributed by atoms with Crippen molar-refractivity contribution in [3.63, 3.8) is 0 Å². The zero-order chi connectivity index (χ0) is 20.5. The molecule has 0 aliphatic carbocycles. The van der Waals surface area contributed by atoms with E-state index in [1.54, 1.807) is 0 Å². The second kappa shape index (κ2) is 7.64. The molecule has 1 atom stereocenters. The van der Waals surface area contributed by atoms with Crippen LogP contribution in [-0.2, 0) is 10.3 Å². The van der Waals surface area contributed by atoms with Gasteiger partial charge in [-0.2, -0.15) is 13.2 Å². The Bertz CT molecular complexity index is 818. The Balaban J connectivity index is 2.40. The number of alkyl halides is 3. The molecule has 0 bridgehead atoms. The van der Waals surface area contributed by atoms with Crippen molar-refractivity contribution in [2.75, 3.05) is 6.61 Å². The molecule has 0 aliphatic rings. The van der Waals surface area contributed by atoms with Crippen molar-refractivity contribution >= 4 is 16.3 Å². The minimum Gasteiger partial charge on any atom is -0.379 e. The fraction of sp³-hybridized carbons (Fsp3) is 0.455. The summed E-state index contributed by atoms with van der Waals surface area (Å²) in [5, 5.41) is 11.8. The van der Waals surface area contributed by atoms with E-state index in [4.69, 9.17) is 4.74 Å². The predicted octanol–water partition coefficient (Wildman–Crippen LogP) is 6.22. The monoisotopic (exact) mass is 380 g/mol. The zero-order valence-electron chi connectivity index (χ0n) is 16.3. The summed E-state index contributed by atoms with van der Waals surface area (Å²) in [7, 11) is 0. The lowest BCUT2D eigenvalue weighted by Gasteiger charge is -2.36. The maximum Gasteiger partial charge on any atom is 0.419 e.